The van der Waals surface area contributed by atoms with Gasteiger partial charge in [0.1, 0.15) is 0 Å². The topological polar surface area (TPSA) is 95.7 Å². The monoisotopic (exact) mass is 271 g/mol. The zero-order valence-corrected chi connectivity index (χ0v) is 11.7. The summed E-state index contributed by atoms with van der Waals surface area (Å²) in [5.41, 5.74) is 4.73. The summed E-state index contributed by atoms with van der Waals surface area (Å²) in [6.45, 7) is 4.15. The summed E-state index contributed by atoms with van der Waals surface area (Å²) >= 11 is 0. The molecule has 19 heavy (non-hydrogen) atoms. The molecule has 0 saturated carbocycles. The Balaban J connectivity index is 2.46. The van der Waals surface area contributed by atoms with Crippen LogP contribution in [0.5, 0.6) is 0 Å². The first kappa shape index (κ1) is 15.8. The Kier molecular flexibility index (Phi) is 6.08. The number of carboxylic acid groups (broad SMARTS) is 1. The number of carbonyl (C=O) groups is 2. The third-order valence-electron chi connectivity index (χ3n) is 3.85. The van der Waals surface area contributed by atoms with Crippen molar-refractivity contribution in [2.24, 2.45) is 11.1 Å². The molecule has 6 heteroatoms. The first-order valence-electron chi connectivity index (χ1n) is 7.02. The number of nitrogens with zero attached hydrogens (tertiary/aromatic N) is 1. The average Bonchev–Trinajstić information content (AvgIpc) is 2.40. The second-order valence-electron chi connectivity index (χ2n) is 5.20. The lowest BCUT2D eigenvalue weighted by atomic mass is 9.75. The molecule has 1 aliphatic heterocycles. The molecular weight excluding hydrogens is 246 g/mol. The van der Waals surface area contributed by atoms with Gasteiger partial charge in [-0.25, -0.2) is 4.79 Å². The summed E-state index contributed by atoms with van der Waals surface area (Å²) in [5.74, 6) is -0.725. The molecule has 0 aromatic rings. The molecule has 0 spiro atoms. The maximum absolute atomic E-state index is 11.8. The van der Waals surface area contributed by atoms with Crippen LogP contribution in [0.25, 0.3) is 0 Å². The van der Waals surface area contributed by atoms with E-state index in [1.807, 2.05) is 6.92 Å². The number of rotatable bonds is 6. The number of urea groups is 1. The van der Waals surface area contributed by atoms with Crippen molar-refractivity contribution in [3.05, 3.63) is 0 Å². The molecule has 1 saturated heterocycles. The Labute approximate surface area is 114 Å². The maximum atomic E-state index is 11.8. The molecule has 2 amide bonds. The predicted molar refractivity (Wildman–Crippen MR) is 72.9 cm³/mol. The fraction of sp³-hybridized carbons (Fsp3) is 0.846. The van der Waals surface area contributed by atoms with Crippen LogP contribution in [-0.4, -0.2) is 48.2 Å². The van der Waals surface area contributed by atoms with Gasteiger partial charge in [0.05, 0.1) is 5.41 Å². The highest BCUT2D eigenvalue weighted by Gasteiger charge is 2.41. The van der Waals surface area contributed by atoms with Gasteiger partial charge in [-0.3, -0.25) is 4.79 Å². The van der Waals surface area contributed by atoms with Crippen LogP contribution in [0.3, 0.4) is 0 Å². The third-order valence-corrected chi connectivity index (χ3v) is 3.85. The van der Waals surface area contributed by atoms with Gasteiger partial charge in [-0.15, -0.1) is 0 Å². The van der Waals surface area contributed by atoms with Gasteiger partial charge in [0.15, 0.2) is 0 Å². The first-order chi connectivity index (χ1) is 9.05. The van der Waals surface area contributed by atoms with Gasteiger partial charge in [-0.05, 0) is 32.2 Å². The summed E-state index contributed by atoms with van der Waals surface area (Å²) in [7, 11) is 0. The molecule has 0 radical (unpaired) electrons. The minimum Gasteiger partial charge on any atom is -0.481 e. The van der Waals surface area contributed by atoms with Crippen LogP contribution < -0.4 is 11.1 Å². The smallest absolute Gasteiger partial charge is 0.317 e. The van der Waals surface area contributed by atoms with E-state index in [1.54, 1.807) is 4.90 Å². The quantitative estimate of drug-likeness (QED) is 0.628. The minimum absolute atomic E-state index is 0.107. The number of nitrogens with one attached hydrogen (secondary N) is 1. The molecule has 1 heterocycles. The Morgan fingerprint density at radius 1 is 1.37 bits per heavy atom. The number of nitrogens with two attached hydrogens (primary N) is 1. The summed E-state index contributed by atoms with van der Waals surface area (Å²) in [4.78, 5) is 25.0. The number of hydrogen-bond donors (Lipinski definition) is 3. The van der Waals surface area contributed by atoms with Gasteiger partial charge >= 0.3 is 12.0 Å². The largest absolute Gasteiger partial charge is 0.481 e. The van der Waals surface area contributed by atoms with Crippen molar-refractivity contribution < 1.29 is 14.7 Å². The summed E-state index contributed by atoms with van der Waals surface area (Å²) in [5, 5.41) is 12.2. The molecule has 0 aliphatic carbocycles. The van der Waals surface area contributed by atoms with Gasteiger partial charge in [0.25, 0.3) is 0 Å². The Bertz CT molecular complexity index is 312. The highest BCUT2D eigenvalue weighted by atomic mass is 16.4. The molecule has 0 aromatic carbocycles. The van der Waals surface area contributed by atoms with E-state index in [9.17, 15) is 14.7 Å². The van der Waals surface area contributed by atoms with Crippen LogP contribution in [0.15, 0.2) is 0 Å². The van der Waals surface area contributed by atoms with Crippen molar-refractivity contribution in [3.63, 3.8) is 0 Å². The van der Waals surface area contributed by atoms with Gasteiger partial charge in [-0.1, -0.05) is 13.3 Å². The van der Waals surface area contributed by atoms with Crippen LogP contribution in [0.1, 0.15) is 39.0 Å². The van der Waals surface area contributed by atoms with Crippen LogP contribution in [-0.2, 0) is 4.79 Å². The summed E-state index contributed by atoms with van der Waals surface area (Å²) in [6, 6.07) is -0.107. The summed E-state index contributed by atoms with van der Waals surface area (Å²) in [6.07, 6.45) is 3.38. The molecule has 0 atom stereocenters. The van der Waals surface area contributed by atoms with Gasteiger partial charge in [-0.2, -0.15) is 0 Å². The van der Waals surface area contributed by atoms with Crippen LogP contribution in [0, 0.1) is 5.41 Å². The summed E-state index contributed by atoms with van der Waals surface area (Å²) < 4.78 is 0. The van der Waals surface area contributed by atoms with E-state index in [0.717, 1.165) is 12.8 Å². The molecule has 1 aliphatic rings. The van der Waals surface area contributed by atoms with E-state index in [-0.39, 0.29) is 6.03 Å². The van der Waals surface area contributed by atoms with E-state index in [2.05, 4.69) is 5.32 Å². The number of carbonyl (C=O) groups excluding carboxylic acids is 1. The van der Waals surface area contributed by atoms with Crippen LogP contribution in [0.2, 0.25) is 0 Å². The van der Waals surface area contributed by atoms with Crippen molar-refractivity contribution in [1.82, 2.24) is 10.2 Å². The Hall–Kier alpha value is -1.30. The van der Waals surface area contributed by atoms with E-state index in [0.29, 0.717) is 45.4 Å². The number of carboxylic acids is 1. The normalized spacial score (nSPS) is 18.1. The fourth-order valence-corrected chi connectivity index (χ4v) is 2.60. The lowest BCUT2D eigenvalue weighted by Crippen LogP contribution is -2.49. The molecule has 6 nitrogen and oxygen atoms in total. The molecule has 110 valence electrons. The maximum Gasteiger partial charge on any atom is 0.317 e. The Morgan fingerprint density at radius 3 is 2.47 bits per heavy atom. The van der Waals surface area contributed by atoms with Crippen LogP contribution >= 0.6 is 0 Å². The SMILES string of the molecule is CCCC1(C(=O)O)CCN(C(=O)NCCCN)CC1. The van der Waals surface area contributed by atoms with Gasteiger partial charge in [0, 0.05) is 19.6 Å². The predicted octanol–water partition coefficient (Wildman–Crippen LogP) is 1.01. The van der Waals surface area contributed by atoms with Crippen molar-refractivity contribution in [3.8, 4) is 0 Å². The minimum atomic E-state index is -0.725. The fourth-order valence-electron chi connectivity index (χ4n) is 2.60. The zero-order chi connectivity index (χ0) is 14.3. The average molecular weight is 271 g/mol. The standard InChI is InChI=1S/C13H25N3O3/c1-2-4-13(11(17)18)5-9-16(10-6-13)12(19)15-8-3-7-14/h2-10,14H2,1H3,(H,15,19)(H,17,18). The Morgan fingerprint density at radius 2 is 2.00 bits per heavy atom. The number of piperidine rings is 1. The molecule has 0 bridgehead atoms. The van der Waals surface area contributed by atoms with Crippen molar-refractivity contribution in [2.75, 3.05) is 26.2 Å². The van der Waals surface area contributed by atoms with Gasteiger partial charge in [0.2, 0.25) is 0 Å². The number of hydrogen-bond acceptors (Lipinski definition) is 3. The first-order valence-corrected chi connectivity index (χ1v) is 7.02. The number of aliphatic carboxylic acids is 1. The van der Waals surface area contributed by atoms with Gasteiger partial charge < -0.3 is 21.1 Å². The van der Waals surface area contributed by atoms with E-state index in [4.69, 9.17) is 5.73 Å². The van der Waals surface area contributed by atoms with Crippen LogP contribution in [0.4, 0.5) is 4.79 Å². The molecule has 0 aromatic heterocycles. The van der Waals surface area contributed by atoms with E-state index in [1.165, 1.54) is 0 Å². The highest BCUT2D eigenvalue weighted by molar-refractivity contribution is 5.77. The lowest BCUT2D eigenvalue weighted by molar-refractivity contribution is -0.152. The number of likely N-dealkylation sites (tertiary alicyclic amines) is 1. The molecule has 0 unspecified atom stereocenters. The van der Waals surface area contributed by atoms with Crippen molar-refractivity contribution in [1.29, 1.82) is 0 Å². The highest BCUT2D eigenvalue weighted by Crippen LogP contribution is 2.36. The van der Waals surface area contributed by atoms with Crippen molar-refractivity contribution in [2.45, 2.75) is 39.0 Å². The molecule has 4 N–H and O–H groups in total. The second-order valence-corrected chi connectivity index (χ2v) is 5.20. The van der Waals surface area contributed by atoms with Crippen molar-refractivity contribution >= 4 is 12.0 Å². The molecule has 1 fully saturated rings. The number of amides is 2. The third kappa shape index (κ3) is 4.09. The van der Waals surface area contributed by atoms with E-state index < -0.39 is 11.4 Å². The molecule has 1 rings (SSSR count). The molecular formula is C13H25N3O3. The second kappa shape index (κ2) is 7.33. The zero-order valence-electron chi connectivity index (χ0n) is 11.7. The lowest BCUT2D eigenvalue weighted by Gasteiger charge is -2.38. The van der Waals surface area contributed by atoms with E-state index >= 15 is 0 Å².